The molecule has 0 aliphatic carbocycles. The maximum Gasteiger partial charge on any atom is 0.259 e. The summed E-state index contributed by atoms with van der Waals surface area (Å²) >= 11 is 0. The molecule has 1 aliphatic rings. The van der Waals surface area contributed by atoms with Crippen molar-refractivity contribution in [3.63, 3.8) is 0 Å². The zero-order chi connectivity index (χ0) is 23.8. The second-order valence-corrected chi connectivity index (χ2v) is 7.91. The zero-order valence-electron chi connectivity index (χ0n) is 18.0. The molecule has 5 rings (SSSR count). The fraction of sp³-hybridized carbons (Fsp3) is 0.0800. The van der Waals surface area contributed by atoms with Gasteiger partial charge in [0.15, 0.2) is 0 Å². The van der Waals surface area contributed by atoms with Crippen LogP contribution in [-0.2, 0) is 4.79 Å². The average molecular weight is 459 g/mol. The molecule has 1 fully saturated rings. The largest absolute Gasteiger partial charge is 0.306 e. The maximum atomic E-state index is 14.8. The van der Waals surface area contributed by atoms with Gasteiger partial charge in [-0.15, -0.1) is 0 Å². The first-order chi connectivity index (χ1) is 16.4. The van der Waals surface area contributed by atoms with Crippen molar-refractivity contribution < 1.29 is 18.4 Å². The predicted molar refractivity (Wildman–Crippen MR) is 125 cm³/mol. The minimum absolute atomic E-state index is 0.152. The van der Waals surface area contributed by atoms with Crippen molar-refractivity contribution in [2.45, 2.75) is 0 Å². The van der Waals surface area contributed by atoms with Crippen molar-refractivity contribution in [1.82, 2.24) is 15.5 Å². The van der Waals surface area contributed by atoms with Crippen molar-refractivity contribution in [3.8, 4) is 11.1 Å². The fourth-order valence-electron chi connectivity index (χ4n) is 3.84. The van der Waals surface area contributed by atoms with Gasteiger partial charge >= 0.3 is 0 Å². The molecule has 1 aliphatic heterocycles. The van der Waals surface area contributed by atoms with Crippen LogP contribution in [0.5, 0.6) is 0 Å². The van der Waals surface area contributed by atoms with E-state index in [1.165, 1.54) is 29.3 Å². The van der Waals surface area contributed by atoms with Crippen molar-refractivity contribution >= 4 is 34.1 Å². The van der Waals surface area contributed by atoms with Gasteiger partial charge in [-0.1, -0.05) is 24.3 Å². The Morgan fingerprint density at radius 1 is 1.00 bits per heavy atom. The lowest BCUT2D eigenvalue weighted by Gasteiger charge is -2.17. The number of hydrogen-bond donors (Lipinski definition) is 2. The maximum absolute atomic E-state index is 14.8. The van der Waals surface area contributed by atoms with Gasteiger partial charge in [0.05, 0.1) is 17.8 Å². The lowest BCUT2D eigenvalue weighted by Crippen LogP contribution is -2.38. The standard InChI is InChI=1S/C25H19F2N5O2/c1-31-14-23(33)32(30-31)19-7-9-21(22(27)13-19)25(34)29-24-20-8-4-16(12-17(20)10-11-28-24)15-2-5-18(26)6-3-15/h2-13,30H,14H2,1H3,(H,28,29,34). The molecule has 4 aromatic rings. The van der Waals surface area contributed by atoms with E-state index in [1.54, 1.807) is 42.5 Å². The number of benzene rings is 3. The van der Waals surface area contributed by atoms with Gasteiger partial charge in [0.1, 0.15) is 17.5 Å². The number of hydrazine groups is 2. The van der Waals surface area contributed by atoms with Gasteiger partial charge in [0, 0.05) is 18.6 Å². The number of carbonyl (C=O) groups excluding carboxylic acids is 2. The van der Waals surface area contributed by atoms with Gasteiger partial charge in [0.25, 0.3) is 11.8 Å². The Hall–Kier alpha value is -4.21. The Balaban J connectivity index is 1.40. The van der Waals surface area contributed by atoms with Crippen LogP contribution < -0.4 is 15.9 Å². The number of halogens is 2. The van der Waals surface area contributed by atoms with Gasteiger partial charge in [-0.2, -0.15) is 5.53 Å². The summed E-state index contributed by atoms with van der Waals surface area (Å²) in [6, 6.07) is 17.5. The highest BCUT2D eigenvalue weighted by molar-refractivity contribution is 6.09. The summed E-state index contributed by atoms with van der Waals surface area (Å²) in [7, 11) is 1.69. The molecular formula is C25H19F2N5O2. The van der Waals surface area contributed by atoms with Crippen molar-refractivity contribution in [1.29, 1.82) is 0 Å². The van der Waals surface area contributed by atoms with Gasteiger partial charge in [-0.3, -0.25) is 9.59 Å². The number of pyridine rings is 1. The van der Waals surface area contributed by atoms with Crippen LogP contribution >= 0.6 is 0 Å². The number of rotatable bonds is 4. The molecule has 0 unspecified atom stereocenters. The van der Waals surface area contributed by atoms with Gasteiger partial charge in [0.2, 0.25) is 0 Å². The normalized spacial score (nSPS) is 14.1. The quantitative estimate of drug-likeness (QED) is 0.480. The molecule has 2 heterocycles. The minimum atomic E-state index is -0.766. The highest BCUT2D eigenvalue weighted by Gasteiger charge is 2.27. The Kier molecular flexibility index (Phi) is 5.48. The van der Waals surface area contributed by atoms with Crippen LogP contribution in [0.3, 0.4) is 0 Å². The third-order valence-electron chi connectivity index (χ3n) is 5.52. The number of likely N-dealkylation sites (N-methyl/N-ethyl adjacent to an activating group) is 1. The molecule has 0 spiro atoms. The van der Waals surface area contributed by atoms with E-state index in [1.807, 2.05) is 12.1 Å². The van der Waals surface area contributed by atoms with Crippen molar-refractivity contribution in [2.24, 2.45) is 0 Å². The van der Waals surface area contributed by atoms with Crippen molar-refractivity contribution in [2.75, 3.05) is 23.9 Å². The molecule has 7 nitrogen and oxygen atoms in total. The van der Waals surface area contributed by atoms with E-state index < -0.39 is 11.7 Å². The first-order valence-electron chi connectivity index (χ1n) is 10.4. The summed E-state index contributed by atoms with van der Waals surface area (Å²) in [6.45, 7) is 0.152. The molecule has 2 N–H and O–H groups in total. The molecule has 170 valence electrons. The summed E-state index contributed by atoms with van der Waals surface area (Å²) in [5.74, 6) is -1.69. The second-order valence-electron chi connectivity index (χ2n) is 7.91. The van der Waals surface area contributed by atoms with Gasteiger partial charge in [-0.25, -0.2) is 23.8 Å². The number of anilines is 2. The summed E-state index contributed by atoms with van der Waals surface area (Å²) < 4.78 is 28.0. The number of hydrogen-bond acceptors (Lipinski definition) is 5. The third-order valence-corrected chi connectivity index (χ3v) is 5.52. The highest BCUT2D eigenvalue weighted by atomic mass is 19.1. The molecule has 0 atom stereocenters. The molecule has 0 bridgehead atoms. The fourth-order valence-corrected chi connectivity index (χ4v) is 3.84. The Morgan fingerprint density at radius 2 is 1.76 bits per heavy atom. The molecule has 34 heavy (non-hydrogen) atoms. The van der Waals surface area contributed by atoms with E-state index in [2.05, 4.69) is 15.8 Å². The van der Waals surface area contributed by atoms with Crippen LogP contribution in [0.15, 0.2) is 72.9 Å². The number of fused-ring (bicyclic) bond motifs is 1. The van der Waals surface area contributed by atoms with E-state index in [-0.39, 0.29) is 29.7 Å². The van der Waals surface area contributed by atoms with Crippen LogP contribution in [0.1, 0.15) is 10.4 Å². The summed E-state index contributed by atoms with van der Waals surface area (Å²) in [5, 5.41) is 6.94. The predicted octanol–water partition coefficient (Wildman–Crippen LogP) is 4.13. The molecule has 0 saturated carbocycles. The molecule has 0 radical (unpaired) electrons. The van der Waals surface area contributed by atoms with Crippen LogP contribution in [0, 0.1) is 11.6 Å². The summed E-state index contributed by atoms with van der Waals surface area (Å²) in [5.41, 5.74) is 4.65. The molecule has 1 saturated heterocycles. The number of aromatic nitrogens is 1. The van der Waals surface area contributed by atoms with Crippen LogP contribution in [0.4, 0.5) is 20.3 Å². The number of nitrogens with zero attached hydrogens (tertiary/aromatic N) is 3. The lowest BCUT2D eigenvalue weighted by molar-refractivity contribution is -0.116. The van der Waals surface area contributed by atoms with Crippen molar-refractivity contribution in [3.05, 3.63) is 90.1 Å². The zero-order valence-corrected chi connectivity index (χ0v) is 18.0. The number of carbonyl (C=O) groups is 2. The number of amides is 2. The monoisotopic (exact) mass is 459 g/mol. The average Bonchev–Trinajstić information content (AvgIpc) is 3.17. The lowest BCUT2D eigenvalue weighted by atomic mass is 10.0. The van der Waals surface area contributed by atoms with Gasteiger partial charge in [-0.05, 0) is 59.0 Å². The second kappa shape index (κ2) is 8.62. The Bertz CT molecular complexity index is 1430. The Labute approximate surface area is 193 Å². The van der Waals surface area contributed by atoms with Crippen LogP contribution in [0.25, 0.3) is 21.9 Å². The smallest absolute Gasteiger partial charge is 0.259 e. The highest BCUT2D eigenvalue weighted by Crippen LogP contribution is 2.28. The number of nitrogens with one attached hydrogen (secondary N) is 2. The van der Waals surface area contributed by atoms with E-state index in [4.69, 9.17) is 0 Å². The summed E-state index contributed by atoms with van der Waals surface area (Å²) in [4.78, 5) is 29.1. The van der Waals surface area contributed by atoms with E-state index in [0.29, 0.717) is 11.1 Å². The molecule has 2 amide bonds. The third kappa shape index (κ3) is 4.09. The SMILES string of the molecule is CN1CC(=O)N(c2ccc(C(=O)Nc3nccc4cc(-c5ccc(F)cc5)ccc34)c(F)c2)N1. The first kappa shape index (κ1) is 21.6. The van der Waals surface area contributed by atoms with Crippen LogP contribution in [-0.4, -0.2) is 35.4 Å². The molecule has 1 aromatic heterocycles. The Morgan fingerprint density at radius 3 is 2.47 bits per heavy atom. The van der Waals surface area contributed by atoms with Crippen LogP contribution in [0.2, 0.25) is 0 Å². The van der Waals surface area contributed by atoms with Gasteiger partial charge < -0.3 is 5.32 Å². The first-order valence-corrected chi connectivity index (χ1v) is 10.4. The summed E-state index contributed by atoms with van der Waals surface area (Å²) in [6.07, 6.45) is 1.55. The van der Waals surface area contributed by atoms with E-state index in [0.717, 1.165) is 22.6 Å². The van der Waals surface area contributed by atoms with E-state index >= 15 is 0 Å². The van der Waals surface area contributed by atoms with E-state index in [9.17, 15) is 18.4 Å². The topological polar surface area (TPSA) is 77.6 Å². The molecule has 9 heteroatoms. The minimum Gasteiger partial charge on any atom is -0.306 e. The molecule has 3 aromatic carbocycles. The molecular weight excluding hydrogens is 440 g/mol.